The van der Waals surface area contributed by atoms with Gasteiger partial charge in [-0.25, -0.2) is 4.79 Å². The highest BCUT2D eigenvalue weighted by Crippen LogP contribution is 2.14. The van der Waals surface area contributed by atoms with Gasteiger partial charge in [-0.3, -0.25) is 9.59 Å². The summed E-state index contributed by atoms with van der Waals surface area (Å²) in [4.78, 5) is 35.6. The van der Waals surface area contributed by atoms with Gasteiger partial charge in [0.2, 0.25) is 11.8 Å². The van der Waals surface area contributed by atoms with Crippen molar-refractivity contribution in [3.8, 4) is 0 Å². The average Bonchev–Trinajstić information content (AvgIpc) is 2.67. The third-order valence-electron chi connectivity index (χ3n) is 3.96. The Bertz CT molecular complexity index is 843. The van der Waals surface area contributed by atoms with Crippen LogP contribution in [0.4, 0.5) is 16.2 Å². The topological polar surface area (TPSA) is 96.5 Å². The third-order valence-corrected chi connectivity index (χ3v) is 3.96. The van der Waals surface area contributed by atoms with Crippen LogP contribution in [-0.2, 0) is 20.7 Å². The number of carbonyl (C=O) groups excluding carboxylic acids is 3. The van der Waals surface area contributed by atoms with Crippen LogP contribution in [0.2, 0.25) is 0 Å². The molecular formula is C23H29N3O4. The molecule has 3 amide bonds. The first-order valence-corrected chi connectivity index (χ1v) is 9.92. The molecule has 30 heavy (non-hydrogen) atoms. The summed E-state index contributed by atoms with van der Waals surface area (Å²) in [6.07, 6.45) is 0.644. The fraction of sp³-hybridized carbons (Fsp3) is 0.348. The molecule has 7 heteroatoms. The van der Waals surface area contributed by atoms with E-state index in [0.717, 1.165) is 5.56 Å². The van der Waals surface area contributed by atoms with E-state index in [1.165, 1.54) is 0 Å². The molecule has 2 aromatic rings. The summed E-state index contributed by atoms with van der Waals surface area (Å²) in [7, 11) is 0. The fourth-order valence-corrected chi connectivity index (χ4v) is 2.58. The van der Waals surface area contributed by atoms with Gasteiger partial charge < -0.3 is 20.7 Å². The third kappa shape index (κ3) is 9.23. The summed E-state index contributed by atoms with van der Waals surface area (Å²) in [6.45, 7) is 5.49. The molecule has 0 bridgehead atoms. The largest absolute Gasteiger partial charge is 0.444 e. The molecule has 0 aliphatic rings. The molecule has 3 N–H and O–H groups in total. The lowest BCUT2D eigenvalue weighted by molar-refractivity contribution is -0.117. The maximum absolute atomic E-state index is 12.1. The zero-order valence-electron chi connectivity index (χ0n) is 17.7. The Balaban J connectivity index is 1.70. The van der Waals surface area contributed by atoms with Gasteiger partial charge in [0.05, 0.1) is 0 Å². The monoisotopic (exact) mass is 411 g/mol. The first-order chi connectivity index (χ1) is 14.2. The Hall–Kier alpha value is -3.35. The van der Waals surface area contributed by atoms with Crippen molar-refractivity contribution in [2.75, 3.05) is 17.2 Å². The molecule has 0 aliphatic carbocycles. The smallest absolute Gasteiger partial charge is 0.407 e. The van der Waals surface area contributed by atoms with E-state index in [4.69, 9.17) is 4.74 Å². The molecule has 2 aromatic carbocycles. The van der Waals surface area contributed by atoms with Gasteiger partial charge in [0.1, 0.15) is 5.60 Å². The SMILES string of the molecule is CC(C)(C)OC(=O)NCCC(=O)Nc1ccc(NC(=O)CCc2ccccc2)cc1. The Kier molecular flexibility index (Phi) is 8.41. The van der Waals surface area contributed by atoms with Crippen LogP contribution in [-0.4, -0.2) is 30.1 Å². The second-order valence-corrected chi connectivity index (χ2v) is 7.84. The van der Waals surface area contributed by atoms with Crippen LogP contribution in [0.5, 0.6) is 0 Å². The van der Waals surface area contributed by atoms with E-state index in [1.807, 2.05) is 30.3 Å². The summed E-state index contributed by atoms with van der Waals surface area (Å²) in [6, 6.07) is 16.7. The number of hydrogen-bond acceptors (Lipinski definition) is 4. The second kappa shape index (κ2) is 11.0. The fourth-order valence-electron chi connectivity index (χ4n) is 2.58. The number of amides is 3. The van der Waals surface area contributed by atoms with E-state index in [2.05, 4.69) is 16.0 Å². The van der Waals surface area contributed by atoms with Crippen molar-refractivity contribution in [2.24, 2.45) is 0 Å². The summed E-state index contributed by atoms with van der Waals surface area (Å²) < 4.78 is 5.11. The minimum atomic E-state index is -0.578. The van der Waals surface area contributed by atoms with Crippen molar-refractivity contribution >= 4 is 29.3 Å². The minimum Gasteiger partial charge on any atom is -0.444 e. The van der Waals surface area contributed by atoms with Gasteiger partial charge in [-0.1, -0.05) is 30.3 Å². The van der Waals surface area contributed by atoms with Crippen LogP contribution in [0.1, 0.15) is 39.2 Å². The van der Waals surface area contributed by atoms with Gasteiger partial charge >= 0.3 is 6.09 Å². The predicted octanol–water partition coefficient (Wildman–Crippen LogP) is 4.11. The van der Waals surface area contributed by atoms with Crippen molar-refractivity contribution in [1.29, 1.82) is 0 Å². The van der Waals surface area contributed by atoms with Crippen LogP contribution >= 0.6 is 0 Å². The first-order valence-electron chi connectivity index (χ1n) is 9.92. The van der Waals surface area contributed by atoms with Gasteiger partial charge in [-0.05, 0) is 57.0 Å². The Morgan fingerprint density at radius 3 is 1.87 bits per heavy atom. The van der Waals surface area contributed by atoms with Gasteiger partial charge in [0.25, 0.3) is 0 Å². The number of benzene rings is 2. The highest BCUT2D eigenvalue weighted by Gasteiger charge is 2.15. The van der Waals surface area contributed by atoms with Crippen LogP contribution in [0.25, 0.3) is 0 Å². The minimum absolute atomic E-state index is 0.0659. The first kappa shape index (κ1) is 22.9. The Morgan fingerprint density at radius 1 is 0.800 bits per heavy atom. The molecule has 0 atom stereocenters. The lowest BCUT2D eigenvalue weighted by Gasteiger charge is -2.19. The molecule has 0 aromatic heterocycles. The number of nitrogens with one attached hydrogen (secondary N) is 3. The van der Waals surface area contributed by atoms with Gasteiger partial charge in [0.15, 0.2) is 0 Å². The number of alkyl carbamates (subject to hydrolysis) is 1. The molecule has 0 radical (unpaired) electrons. The molecule has 7 nitrogen and oxygen atoms in total. The van der Waals surface area contributed by atoms with E-state index in [1.54, 1.807) is 45.0 Å². The standard InChI is InChI=1S/C23H29N3O4/c1-23(2,3)30-22(29)24-16-15-21(28)26-19-12-10-18(11-13-19)25-20(27)14-9-17-7-5-4-6-8-17/h4-8,10-13H,9,14-16H2,1-3H3,(H,24,29)(H,25,27)(H,26,28). The molecule has 160 valence electrons. The number of carbonyl (C=O) groups is 3. The van der Waals surface area contributed by atoms with Crippen molar-refractivity contribution in [3.05, 3.63) is 60.2 Å². The highest BCUT2D eigenvalue weighted by atomic mass is 16.6. The molecule has 0 saturated carbocycles. The van der Waals surface area contributed by atoms with E-state index < -0.39 is 11.7 Å². The van der Waals surface area contributed by atoms with Gasteiger partial charge in [-0.2, -0.15) is 0 Å². The molecule has 2 rings (SSSR count). The number of anilines is 2. The average molecular weight is 412 g/mol. The lowest BCUT2D eigenvalue weighted by Crippen LogP contribution is -2.34. The summed E-state index contributed by atoms with van der Waals surface area (Å²) >= 11 is 0. The predicted molar refractivity (Wildman–Crippen MR) is 117 cm³/mol. The maximum Gasteiger partial charge on any atom is 0.407 e. The normalized spacial score (nSPS) is 10.8. The molecule has 0 spiro atoms. The number of aryl methyl sites for hydroxylation is 1. The van der Waals surface area contributed by atoms with Crippen molar-refractivity contribution in [1.82, 2.24) is 5.32 Å². The van der Waals surface area contributed by atoms with Crippen LogP contribution in [0.15, 0.2) is 54.6 Å². The summed E-state index contributed by atoms with van der Waals surface area (Å²) in [5, 5.41) is 8.13. The number of ether oxygens (including phenoxy) is 1. The summed E-state index contributed by atoms with van der Waals surface area (Å²) in [5.74, 6) is -0.297. The number of hydrogen-bond donors (Lipinski definition) is 3. The molecule has 0 fully saturated rings. The zero-order valence-corrected chi connectivity index (χ0v) is 17.7. The lowest BCUT2D eigenvalue weighted by atomic mass is 10.1. The quantitative estimate of drug-likeness (QED) is 0.609. The Morgan fingerprint density at radius 2 is 1.33 bits per heavy atom. The zero-order chi connectivity index (χ0) is 22.0. The maximum atomic E-state index is 12.1. The Labute approximate surface area is 177 Å². The number of rotatable bonds is 8. The highest BCUT2D eigenvalue weighted by molar-refractivity contribution is 5.93. The molecule has 0 heterocycles. The summed E-state index contributed by atoms with van der Waals surface area (Å²) in [5.41, 5.74) is 1.81. The van der Waals surface area contributed by atoms with Crippen LogP contribution < -0.4 is 16.0 Å². The van der Waals surface area contributed by atoms with E-state index in [9.17, 15) is 14.4 Å². The van der Waals surface area contributed by atoms with Crippen molar-refractivity contribution in [2.45, 2.75) is 45.6 Å². The van der Waals surface area contributed by atoms with Crippen molar-refractivity contribution < 1.29 is 19.1 Å². The van der Waals surface area contributed by atoms with Crippen LogP contribution in [0, 0.1) is 0 Å². The van der Waals surface area contributed by atoms with Gasteiger partial charge in [0, 0.05) is 30.8 Å². The van der Waals surface area contributed by atoms with Crippen LogP contribution in [0.3, 0.4) is 0 Å². The second-order valence-electron chi connectivity index (χ2n) is 7.84. The molecule has 0 aliphatic heterocycles. The van der Waals surface area contributed by atoms with Gasteiger partial charge in [-0.15, -0.1) is 0 Å². The molecule has 0 saturated heterocycles. The van der Waals surface area contributed by atoms with E-state index in [-0.39, 0.29) is 24.8 Å². The van der Waals surface area contributed by atoms with E-state index in [0.29, 0.717) is 24.2 Å². The molecule has 0 unspecified atom stereocenters. The van der Waals surface area contributed by atoms with E-state index >= 15 is 0 Å². The molecular weight excluding hydrogens is 382 g/mol. The van der Waals surface area contributed by atoms with Crippen molar-refractivity contribution in [3.63, 3.8) is 0 Å².